The summed E-state index contributed by atoms with van der Waals surface area (Å²) >= 11 is 1.34. The maximum Gasteiger partial charge on any atom is 0.266 e. The molecule has 150 valence electrons. The number of para-hydroxylation sites is 2. The molecular weight excluding hydrogens is 398 g/mol. The van der Waals surface area contributed by atoms with E-state index in [1.54, 1.807) is 29.9 Å². The predicted octanol–water partition coefficient (Wildman–Crippen LogP) is 4.36. The SMILES string of the molecule is COc1ccc(/C(CSc2nc3ccccc3c(=O)n2-c2ccccc2)=N\O)cc1. The molecule has 6 nitrogen and oxygen atoms in total. The molecule has 7 heteroatoms. The molecule has 0 bridgehead atoms. The second-order valence-corrected chi connectivity index (χ2v) is 7.39. The molecule has 30 heavy (non-hydrogen) atoms. The molecule has 0 saturated carbocycles. The van der Waals surface area contributed by atoms with Gasteiger partial charge in [-0.1, -0.05) is 47.2 Å². The predicted molar refractivity (Wildman–Crippen MR) is 119 cm³/mol. The minimum atomic E-state index is -0.138. The zero-order valence-electron chi connectivity index (χ0n) is 16.2. The van der Waals surface area contributed by atoms with E-state index in [0.29, 0.717) is 27.5 Å². The van der Waals surface area contributed by atoms with Crippen LogP contribution in [0.15, 0.2) is 94.0 Å². The topological polar surface area (TPSA) is 76.7 Å². The van der Waals surface area contributed by atoms with Gasteiger partial charge in [0.1, 0.15) is 5.75 Å². The molecule has 0 spiro atoms. The molecule has 4 rings (SSSR count). The van der Waals surface area contributed by atoms with Crippen LogP contribution in [0.3, 0.4) is 0 Å². The summed E-state index contributed by atoms with van der Waals surface area (Å²) in [6.45, 7) is 0. The van der Waals surface area contributed by atoms with Crippen molar-refractivity contribution in [3.8, 4) is 11.4 Å². The first-order chi connectivity index (χ1) is 14.7. The van der Waals surface area contributed by atoms with Gasteiger partial charge in [-0.2, -0.15) is 0 Å². The average molecular weight is 417 g/mol. The van der Waals surface area contributed by atoms with Crippen LogP contribution in [-0.2, 0) is 0 Å². The number of hydrogen-bond donors (Lipinski definition) is 1. The first kappa shape index (κ1) is 19.7. The summed E-state index contributed by atoms with van der Waals surface area (Å²) < 4.78 is 6.77. The highest BCUT2D eigenvalue weighted by Gasteiger charge is 2.15. The number of benzene rings is 3. The van der Waals surface area contributed by atoms with Gasteiger partial charge < -0.3 is 9.94 Å². The monoisotopic (exact) mass is 417 g/mol. The molecule has 0 saturated heterocycles. The third-order valence-electron chi connectivity index (χ3n) is 4.64. The lowest BCUT2D eigenvalue weighted by atomic mass is 10.1. The van der Waals surface area contributed by atoms with Crippen molar-refractivity contribution < 1.29 is 9.94 Å². The molecule has 0 aliphatic heterocycles. The van der Waals surface area contributed by atoms with Gasteiger partial charge in [-0.25, -0.2) is 4.98 Å². The van der Waals surface area contributed by atoms with Gasteiger partial charge in [-0.05, 0) is 48.5 Å². The van der Waals surface area contributed by atoms with E-state index in [2.05, 4.69) is 5.16 Å². The Balaban J connectivity index is 1.73. The van der Waals surface area contributed by atoms with Gasteiger partial charge in [-0.15, -0.1) is 0 Å². The lowest BCUT2D eigenvalue weighted by Crippen LogP contribution is -2.22. The highest BCUT2D eigenvalue weighted by atomic mass is 32.2. The molecule has 3 aromatic carbocycles. The van der Waals surface area contributed by atoms with E-state index in [1.165, 1.54) is 11.8 Å². The minimum Gasteiger partial charge on any atom is -0.497 e. The van der Waals surface area contributed by atoms with Crippen molar-refractivity contribution in [3.63, 3.8) is 0 Å². The van der Waals surface area contributed by atoms with Crippen molar-refractivity contribution >= 4 is 28.4 Å². The van der Waals surface area contributed by atoms with Gasteiger partial charge in [0.2, 0.25) is 0 Å². The first-order valence-corrected chi connectivity index (χ1v) is 10.2. The smallest absolute Gasteiger partial charge is 0.266 e. The van der Waals surface area contributed by atoms with Crippen LogP contribution < -0.4 is 10.3 Å². The van der Waals surface area contributed by atoms with Gasteiger partial charge in [0.15, 0.2) is 5.16 Å². The van der Waals surface area contributed by atoms with Gasteiger partial charge in [-0.3, -0.25) is 9.36 Å². The number of fused-ring (bicyclic) bond motifs is 1. The largest absolute Gasteiger partial charge is 0.497 e. The Morgan fingerprint density at radius 2 is 1.73 bits per heavy atom. The van der Waals surface area contributed by atoms with E-state index in [1.807, 2.05) is 60.7 Å². The fourth-order valence-electron chi connectivity index (χ4n) is 3.10. The highest BCUT2D eigenvalue weighted by Crippen LogP contribution is 2.23. The summed E-state index contributed by atoms with van der Waals surface area (Å²) in [4.78, 5) is 17.9. The van der Waals surface area contributed by atoms with E-state index in [0.717, 1.165) is 17.0 Å². The molecular formula is C23H19N3O3S. The second kappa shape index (κ2) is 8.84. The van der Waals surface area contributed by atoms with E-state index in [4.69, 9.17) is 9.72 Å². The minimum absolute atomic E-state index is 0.138. The van der Waals surface area contributed by atoms with Crippen LogP contribution in [0, 0.1) is 0 Å². The van der Waals surface area contributed by atoms with Crippen molar-refractivity contribution in [1.82, 2.24) is 9.55 Å². The Morgan fingerprint density at radius 1 is 1.03 bits per heavy atom. The fraction of sp³-hybridized carbons (Fsp3) is 0.0870. The van der Waals surface area contributed by atoms with Crippen LogP contribution in [0.5, 0.6) is 5.75 Å². The number of methoxy groups -OCH3 is 1. The van der Waals surface area contributed by atoms with Crippen molar-refractivity contribution in [3.05, 3.63) is 94.8 Å². The Hall–Kier alpha value is -3.58. The van der Waals surface area contributed by atoms with Crippen molar-refractivity contribution in [2.45, 2.75) is 5.16 Å². The van der Waals surface area contributed by atoms with Crippen LogP contribution in [0.2, 0.25) is 0 Å². The Bertz CT molecular complexity index is 1250. The summed E-state index contributed by atoms with van der Waals surface area (Å²) in [5.74, 6) is 1.05. The van der Waals surface area contributed by atoms with Crippen molar-refractivity contribution in [2.75, 3.05) is 12.9 Å². The summed E-state index contributed by atoms with van der Waals surface area (Å²) in [6, 6.07) is 23.9. The second-order valence-electron chi connectivity index (χ2n) is 6.45. The third kappa shape index (κ3) is 3.92. The van der Waals surface area contributed by atoms with Crippen LogP contribution in [-0.4, -0.2) is 33.3 Å². The number of hydrogen-bond acceptors (Lipinski definition) is 6. The molecule has 1 heterocycles. The van der Waals surface area contributed by atoms with E-state index < -0.39 is 0 Å². The first-order valence-electron chi connectivity index (χ1n) is 9.26. The van der Waals surface area contributed by atoms with E-state index in [-0.39, 0.29) is 5.56 Å². The summed E-state index contributed by atoms with van der Waals surface area (Å²) in [5.41, 5.74) is 2.46. The van der Waals surface area contributed by atoms with Crippen LogP contribution in [0.4, 0.5) is 0 Å². The lowest BCUT2D eigenvalue weighted by Gasteiger charge is -2.13. The van der Waals surface area contributed by atoms with Crippen LogP contribution >= 0.6 is 11.8 Å². The normalized spacial score (nSPS) is 11.6. The summed E-state index contributed by atoms with van der Waals surface area (Å²) in [5, 5.41) is 14.1. The van der Waals surface area contributed by atoms with Gasteiger partial charge in [0.05, 0.1) is 29.4 Å². The standard InChI is InChI=1S/C23H19N3O3S/c1-29-18-13-11-16(12-14-18)21(25-28)15-30-23-24-20-10-6-5-9-19(20)22(27)26(23)17-7-3-2-4-8-17/h2-14,28H,15H2,1H3/b25-21-. The third-order valence-corrected chi connectivity index (χ3v) is 5.59. The number of oxime groups is 1. The number of aromatic nitrogens is 2. The van der Waals surface area contributed by atoms with Crippen LogP contribution in [0.25, 0.3) is 16.6 Å². The zero-order valence-corrected chi connectivity index (χ0v) is 17.0. The molecule has 0 unspecified atom stereocenters. The molecule has 0 atom stereocenters. The molecule has 1 N–H and O–H groups in total. The fourth-order valence-corrected chi connectivity index (χ4v) is 4.07. The molecule has 0 aliphatic carbocycles. The molecule has 1 aromatic heterocycles. The average Bonchev–Trinajstić information content (AvgIpc) is 2.80. The van der Waals surface area contributed by atoms with Crippen molar-refractivity contribution in [2.24, 2.45) is 5.16 Å². The lowest BCUT2D eigenvalue weighted by molar-refractivity contribution is 0.319. The molecule has 0 aliphatic rings. The number of thioether (sulfide) groups is 1. The molecule has 0 amide bonds. The van der Waals surface area contributed by atoms with E-state index >= 15 is 0 Å². The number of ether oxygens (including phenoxy) is 1. The summed E-state index contributed by atoms with van der Waals surface area (Å²) in [6.07, 6.45) is 0. The zero-order chi connectivity index (χ0) is 20.9. The van der Waals surface area contributed by atoms with Gasteiger partial charge in [0.25, 0.3) is 5.56 Å². The maximum absolute atomic E-state index is 13.2. The van der Waals surface area contributed by atoms with E-state index in [9.17, 15) is 10.0 Å². The van der Waals surface area contributed by atoms with Crippen LogP contribution in [0.1, 0.15) is 5.56 Å². The van der Waals surface area contributed by atoms with Gasteiger partial charge in [0, 0.05) is 11.3 Å². The molecule has 0 radical (unpaired) electrons. The molecule has 0 fully saturated rings. The quantitative estimate of drug-likeness (QED) is 0.166. The van der Waals surface area contributed by atoms with Crippen molar-refractivity contribution in [1.29, 1.82) is 0 Å². The molecule has 4 aromatic rings. The number of rotatable bonds is 6. The Morgan fingerprint density at radius 3 is 2.43 bits per heavy atom. The Kier molecular flexibility index (Phi) is 5.81. The number of nitrogens with zero attached hydrogens (tertiary/aromatic N) is 3. The Labute approximate surface area is 177 Å². The summed E-state index contributed by atoms with van der Waals surface area (Å²) in [7, 11) is 1.60. The van der Waals surface area contributed by atoms with Gasteiger partial charge >= 0.3 is 0 Å². The maximum atomic E-state index is 13.2. The highest BCUT2D eigenvalue weighted by molar-refractivity contribution is 7.99.